The van der Waals surface area contributed by atoms with Gasteiger partial charge in [-0.15, -0.1) is 0 Å². The second-order valence-electron chi connectivity index (χ2n) is 4.38. The molecule has 0 radical (unpaired) electrons. The summed E-state index contributed by atoms with van der Waals surface area (Å²) in [6, 6.07) is 2.38. The highest BCUT2D eigenvalue weighted by molar-refractivity contribution is 6.42. The van der Waals surface area contributed by atoms with E-state index >= 15 is 0 Å². The van der Waals surface area contributed by atoms with E-state index in [9.17, 15) is 0 Å². The maximum Gasteiger partial charge on any atom is 0.150 e. The van der Waals surface area contributed by atoms with E-state index < -0.39 is 0 Å². The van der Waals surface area contributed by atoms with E-state index in [1.54, 1.807) is 6.07 Å². The molecule has 0 saturated heterocycles. The molecule has 0 spiro atoms. The summed E-state index contributed by atoms with van der Waals surface area (Å²) in [4.78, 5) is 6.58. The van der Waals surface area contributed by atoms with Crippen molar-refractivity contribution < 1.29 is 0 Å². The third-order valence-corrected chi connectivity index (χ3v) is 4.01. The van der Waals surface area contributed by atoms with Gasteiger partial charge in [0.2, 0.25) is 0 Å². The van der Waals surface area contributed by atoms with Gasteiger partial charge in [0.05, 0.1) is 10.0 Å². The summed E-state index contributed by atoms with van der Waals surface area (Å²) in [7, 11) is 0. The zero-order valence-electron chi connectivity index (χ0n) is 10.2. The number of nitrogens with one attached hydrogen (secondary N) is 1. The number of aromatic nitrogens is 1. The second-order valence-corrected chi connectivity index (χ2v) is 5.55. The van der Waals surface area contributed by atoms with Crippen LogP contribution in [-0.4, -0.2) is 35.6 Å². The summed E-state index contributed by atoms with van der Waals surface area (Å²) in [6.07, 6.45) is 2.64. The Hall–Kier alpha value is -0.220. The molecule has 1 aliphatic rings. The average Bonchev–Trinajstić information content (AvgIpc) is 3.15. The fourth-order valence-electron chi connectivity index (χ4n) is 1.92. The first-order valence-corrected chi connectivity index (χ1v) is 7.24. The van der Waals surface area contributed by atoms with Gasteiger partial charge >= 0.3 is 0 Å². The van der Waals surface area contributed by atoms with Crippen LogP contribution in [0.4, 0.5) is 5.82 Å². The Labute approximate surface area is 122 Å². The third kappa shape index (κ3) is 3.64. The van der Waals surface area contributed by atoms with Crippen molar-refractivity contribution in [2.75, 3.05) is 25.0 Å². The molecule has 1 N–H and O–H groups in total. The number of likely N-dealkylation sites (N-methyl/N-ethyl adjacent to an activating group) is 1. The van der Waals surface area contributed by atoms with E-state index in [1.807, 2.05) is 0 Å². The molecule has 1 fully saturated rings. The minimum Gasteiger partial charge on any atom is -0.367 e. The van der Waals surface area contributed by atoms with Gasteiger partial charge in [0.15, 0.2) is 0 Å². The molecule has 18 heavy (non-hydrogen) atoms. The minimum absolute atomic E-state index is 0.276. The number of nitrogens with zero attached hydrogens (tertiary/aromatic N) is 2. The summed E-state index contributed by atoms with van der Waals surface area (Å²) in [5, 5.41) is 4.35. The minimum atomic E-state index is 0.276. The number of hydrogen-bond donors (Lipinski definition) is 1. The Kier molecular flexibility index (Phi) is 4.96. The first-order chi connectivity index (χ1) is 8.61. The van der Waals surface area contributed by atoms with Gasteiger partial charge in [-0.05, 0) is 25.5 Å². The molecule has 0 aliphatic heterocycles. The van der Waals surface area contributed by atoms with Gasteiger partial charge < -0.3 is 5.32 Å². The summed E-state index contributed by atoms with van der Waals surface area (Å²) in [6.45, 7) is 5.05. The molecule has 1 heterocycles. The monoisotopic (exact) mass is 307 g/mol. The van der Waals surface area contributed by atoms with E-state index in [1.165, 1.54) is 12.8 Å². The topological polar surface area (TPSA) is 28.2 Å². The molecule has 0 aromatic carbocycles. The van der Waals surface area contributed by atoms with Crippen molar-refractivity contribution in [3.8, 4) is 0 Å². The lowest BCUT2D eigenvalue weighted by atomic mass is 10.4. The number of hydrogen-bond acceptors (Lipinski definition) is 3. The molecule has 6 heteroatoms. The molecule has 1 aromatic rings. The zero-order valence-corrected chi connectivity index (χ0v) is 12.5. The molecule has 0 bridgehead atoms. The van der Waals surface area contributed by atoms with Crippen molar-refractivity contribution in [2.45, 2.75) is 25.8 Å². The maximum absolute atomic E-state index is 6.04. The summed E-state index contributed by atoms with van der Waals surface area (Å²) in [5.41, 5.74) is 0. The highest BCUT2D eigenvalue weighted by atomic mass is 35.5. The predicted octanol–water partition coefficient (Wildman–Crippen LogP) is 3.94. The Balaban J connectivity index is 1.87. The summed E-state index contributed by atoms with van der Waals surface area (Å²) in [5.74, 6) is 0.595. The van der Waals surface area contributed by atoms with Gasteiger partial charge in [0, 0.05) is 19.1 Å². The molecular weight excluding hydrogens is 293 g/mol. The van der Waals surface area contributed by atoms with Crippen LogP contribution in [-0.2, 0) is 0 Å². The SMILES string of the molecule is CCN(CCNc1nc(Cl)c(Cl)cc1Cl)C1CC1. The zero-order chi connectivity index (χ0) is 13.1. The fourth-order valence-corrected chi connectivity index (χ4v) is 2.49. The predicted molar refractivity (Wildman–Crippen MR) is 78.0 cm³/mol. The maximum atomic E-state index is 6.04. The van der Waals surface area contributed by atoms with Crippen LogP contribution >= 0.6 is 34.8 Å². The standard InChI is InChI=1S/C12H16Cl3N3/c1-2-18(8-3-4-8)6-5-16-12-10(14)7-9(13)11(15)17-12/h7-8H,2-6H2,1H3,(H,16,17). The Bertz CT molecular complexity index is 421. The lowest BCUT2D eigenvalue weighted by molar-refractivity contribution is 0.289. The Morgan fingerprint density at radius 1 is 1.33 bits per heavy atom. The van der Waals surface area contributed by atoms with Crippen molar-refractivity contribution in [3.05, 3.63) is 21.3 Å². The van der Waals surface area contributed by atoms with E-state index in [0.29, 0.717) is 15.9 Å². The third-order valence-electron chi connectivity index (χ3n) is 3.05. The number of pyridine rings is 1. The summed E-state index contributed by atoms with van der Waals surface area (Å²) >= 11 is 17.7. The van der Waals surface area contributed by atoms with Gasteiger partial charge in [0.1, 0.15) is 11.0 Å². The van der Waals surface area contributed by atoms with E-state index in [0.717, 1.165) is 25.7 Å². The van der Waals surface area contributed by atoms with Crippen molar-refractivity contribution in [2.24, 2.45) is 0 Å². The molecule has 0 amide bonds. The van der Waals surface area contributed by atoms with Crippen LogP contribution in [0.3, 0.4) is 0 Å². The van der Waals surface area contributed by atoms with Crippen molar-refractivity contribution >= 4 is 40.6 Å². The molecule has 3 nitrogen and oxygen atoms in total. The summed E-state index contributed by atoms with van der Waals surface area (Å²) < 4.78 is 0. The van der Waals surface area contributed by atoms with Crippen LogP contribution in [0.2, 0.25) is 15.2 Å². The second kappa shape index (κ2) is 6.29. The van der Waals surface area contributed by atoms with Gasteiger partial charge in [0.25, 0.3) is 0 Å². The lowest BCUT2D eigenvalue weighted by Gasteiger charge is -2.20. The molecule has 1 saturated carbocycles. The molecule has 1 aliphatic carbocycles. The van der Waals surface area contributed by atoms with Gasteiger partial charge in [-0.3, -0.25) is 4.90 Å². The lowest BCUT2D eigenvalue weighted by Crippen LogP contribution is -2.31. The first-order valence-electron chi connectivity index (χ1n) is 6.11. The number of rotatable bonds is 6. The van der Waals surface area contributed by atoms with Crippen molar-refractivity contribution in [1.82, 2.24) is 9.88 Å². The van der Waals surface area contributed by atoms with E-state index in [4.69, 9.17) is 34.8 Å². The number of halogens is 3. The van der Waals surface area contributed by atoms with Crippen LogP contribution in [0.5, 0.6) is 0 Å². The molecule has 0 unspecified atom stereocenters. The molecule has 0 atom stereocenters. The van der Waals surface area contributed by atoms with Crippen LogP contribution in [0.25, 0.3) is 0 Å². The largest absolute Gasteiger partial charge is 0.367 e. The fraction of sp³-hybridized carbons (Fsp3) is 0.583. The van der Waals surface area contributed by atoms with Gasteiger partial charge in [-0.2, -0.15) is 0 Å². The van der Waals surface area contributed by atoms with Crippen molar-refractivity contribution in [1.29, 1.82) is 0 Å². The van der Waals surface area contributed by atoms with Crippen LogP contribution in [0, 0.1) is 0 Å². The quantitative estimate of drug-likeness (QED) is 0.807. The van der Waals surface area contributed by atoms with E-state index in [2.05, 4.69) is 22.1 Å². The van der Waals surface area contributed by atoms with Crippen LogP contribution in [0.1, 0.15) is 19.8 Å². The molecule has 2 rings (SSSR count). The Morgan fingerprint density at radius 3 is 2.67 bits per heavy atom. The van der Waals surface area contributed by atoms with Gasteiger partial charge in [-0.1, -0.05) is 41.7 Å². The number of anilines is 1. The Morgan fingerprint density at radius 2 is 2.06 bits per heavy atom. The smallest absolute Gasteiger partial charge is 0.150 e. The highest BCUT2D eigenvalue weighted by Crippen LogP contribution is 2.29. The average molecular weight is 309 g/mol. The molecule has 100 valence electrons. The first kappa shape index (κ1) is 14.2. The van der Waals surface area contributed by atoms with Crippen molar-refractivity contribution in [3.63, 3.8) is 0 Å². The molecular formula is C12H16Cl3N3. The highest BCUT2D eigenvalue weighted by Gasteiger charge is 2.27. The molecule has 1 aromatic heterocycles. The van der Waals surface area contributed by atoms with Crippen LogP contribution in [0.15, 0.2) is 6.07 Å². The van der Waals surface area contributed by atoms with Gasteiger partial charge in [-0.25, -0.2) is 4.98 Å². The van der Waals surface area contributed by atoms with Crippen LogP contribution < -0.4 is 5.32 Å². The normalized spacial score (nSPS) is 15.2. The van der Waals surface area contributed by atoms with E-state index in [-0.39, 0.29) is 5.15 Å².